The van der Waals surface area contributed by atoms with Gasteiger partial charge in [-0.05, 0) is 56.9 Å². The zero-order valence-corrected chi connectivity index (χ0v) is 16.7. The lowest BCUT2D eigenvalue weighted by Crippen LogP contribution is -2.44. The first-order valence-electron chi connectivity index (χ1n) is 9.31. The highest BCUT2D eigenvalue weighted by molar-refractivity contribution is 6.17. The summed E-state index contributed by atoms with van der Waals surface area (Å²) in [5.74, 6) is -0.354. The molecule has 8 heteroatoms. The summed E-state index contributed by atoms with van der Waals surface area (Å²) in [5, 5.41) is 0. The van der Waals surface area contributed by atoms with E-state index in [1.807, 2.05) is 32.9 Å². The molecule has 0 aliphatic carbocycles. The fourth-order valence-corrected chi connectivity index (χ4v) is 3.34. The Morgan fingerprint density at radius 1 is 1.14 bits per heavy atom. The molecule has 0 unspecified atom stereocenters. The molecule has 2 aliphatic rings. The minimum atomic E-state index is -0.550. The molecule has 0 radical (unpaired) electrons. The van der Waals surface area contributed by atoms with Gasteiger partial charge in [0.15, 0.2) is 6.61 Å². The number of methoxy groups -OCH3 is 1. The molecule has 3 amide bonds. The van der Waals surface area contributed by atoms with Crippen molar-refractivity contribution >= 4 is 23.6 Å². The Morgan fingerprint density at radius 3 is 2.39 bits per heavy atom. The third kappa shape index (κ3) is 4.27. The molecule has 0 atom stereocenters. The topological polar surface area (TPSA) is 85.4 Å². The first-order chi connectivity index (χ1) is 13.2. The average molecular weight is 390 g/mol. The standard InChI is InChI=1S/C20H26N2O6/c1-20(2,3)28-19(25)21-7-5-13-9-15-16(10-14(13)6-8-21)27-12-18(24)22(15)17(23)11-26-4/h9-10H,5-8,11-12H2,1-4H3. The molecular weight excluding hydrogens is 364 g/mol. The van der Waals surface area contributed by atoms with Crippen molar-refractivity contribution in [3.05, 3.63) is 23.3 Å². The van der Waals surface area contributed by atoms with Crippen molar-refractivity contribution in [3.63, 3.8) is 0 Å². The predicted octanol–water partition coefficient (Wildman–Crippen LogP) is 1.92. The van der Waals surface area contributed by atoms with Crippen LogP contribution >= 0.6 is 0 Å². The number of benzene rings is 1. The quantitative estimate of drug-likeness (QED) is 0.767. The molecule has 0 aromatic heterocycles. The number of imide groups is 1. The maximum absolute atomic E-state index is 12.4. The van der Waals surface area contributed by atoms with Crippen LogP contribution in [0, 0.1) is 0 Å². The van der Waals surface area contributed by atoms with Gasteiger partial charge >= 0.3 is 6.09 Å². The van der Waals surface area contributed by atoms with Crippen LogP contribution in [-0.2, 0) is 31.9 Å². The van der Waals surface area contributed by atoms with Crippen LogP contribution in [0.3, 0.4) is 0 Å². The Morgan fingerprint density at radius 2 is 1.79 bits per heavy atom. The smallest absolute Gasteiger partial charge is 0.410 e. The van der Waals surface area contributed by atoms with E-state index in [0.717, 1.165) is 16.0 Å². The number of carbonyl (C=O) groups is 3. The summed E-state index contributed by atoms with van der Waals surface area (Å²) < 4.78 is 15.9. The Bertz CT molecular complexity index is 799. The molecule has 0 fully saturated rings. The largest absolute Gasteiger partial charge is 0.482 e. The summed E-state index contributed by atoms with van der Waals surface area (Å²) >= 11 is 0. The van der Waals surface area contributed by atoms with Crippen LogP contribution in [-0.4, -0.2) is 61.8 Å². The molecule has 3 rings (SSSR count). The zero-order chi connectivity index (χ0) is 20.5. The lowest BCUT2D eigenvalue weighted by atomic mass is 10.0. The van der Waals surface area contributed by atoms with Gasteiger partial charge in [0.25, 0.3) is 11.8 Å². The van der Waals surface area contributed by atoms with Crippen LogP contribution in [0.2, 0.25) is 0 Å². The van der Waals surface area contributed by atoms with E-state index >= 15 is 0 Å². The number of fused-ring (bicyclic) bond motifs is 2. The number of ether oxygens (including phenoxy) is 3. The summed E-state index contributed by atoms with van der Waals surface area (Å²) in [6.07, 6.45) is 0.904. The Labute approximate surface area is 164 Å². The molecule has 0 spiro atoms. The van der Waals surface area contributed by atoms with Crippen LogP contribution in [0.25, 0.3) is 0 Å². The molecule has 1 aromatic carbocycles. The third-order valence-corrected chi connectivity index (χ3v) is 4.59. The van der Waals surface area contributed by atoms with E-state index < -0.39 is 17.4 Å². The van der Waals surface area contributed by atoms with Gasteiger partial charge in [-0.1, -0.05) is 0 Å². The minimum absolute atomic E-state index is 0.186. The fraction of sp³-hybridized carbons (Fsp3) is 0.550. The number of hydrogen-bond donors (Lipinski definition) is 0. The summed E-state index contributed by atoms with van der Waals surface area (Å²) in [6.45, 7) is 6.18. The van der Waals surface area contributed by atoms with Gasteiger partial charge in [-0.3, -0.25) is 9.59 Å². The molecule has 0 saturated heterocycles. The lowest BCUT2D eigenvalue weighted by molar-refractivity contribution is -0.130. The van der Waals surface area contributed by atoms with E-state index in [-0.39, 0.29) is 19.3 Å². The Balaban J connectivity index is 1.84. The summed E-state index contributed by atoms with van der Waals surface area (Å²) in [4.78, 5) is 39.8. The van der Waals surface area contributed by atoms with E-state index in [4.69, 9.17) is 14.2 Å². The second-order valence-corrected chi connectivity index (χ2v) is 7.90. The van der Waals surface area contributed by atoms with Gasteiger partial charge in [0.2, 0.25) is 0 Å². The fourth-order valence-electron chi connectivity index (χ4n) is 3.34. The van der Waals surface area contributed by atoms with Crippen LogP contribution in [0.4, 0.5) is 10.5 Å². The molecule has 152 valence electrons. The van der Waals surface area contributed by atoms with Crippen molar-refractivity contribution in [2.75, 3.05) is 38.3 Å². The van der Waals surface area contributed by atoms with Crippen molar-refractivity contribution in [1.29, 1.82) is 0 Å². The highest BCUT2D eigenvalue weighted by Gasteiger charge is 2.32. The highest BCUT2D eigenvalue weighted by Crippen LogP contribution is 2.36. The van der Waals surface area contributed by atoms with Gasteiger partial charge in [0.05, 0.1) is 5.69 Å². The third-order valence-electron chi connectivity index (χ3n) is 4.59. The molecule has 8 nitrogen and oxygen atoms in total. The zero-order valence-electron chi connectivity index (χ0n) is 16.7. The van der Waals surface area contributed by atoms with Crippen LogP contribution in [0.15, 0.2) is 12.1 Å². The number of nitrogens with zero attached hydrogens (tertiary/aromatic N) is 2. The van der Waals surface area contributed by atoms with Crippen molar-refractivity contribution in [1.82, 2.24) is 4.90 Å². The van der Waals surface area contributed by atoms with Crippen molar-refractivity contribution in [2.24, 2.45) is 0 Å². The van der Waals surface area contributed by atoms with Crippen LogP contribution in [0.5, 0.6) is 5.75 Å². The SMILES string of the molecule is COCC(=O)N1C(=O)COc2cc3c(cc21)CCN(C(=O)OC(C)(C)C)CC3. The van der Waals surface area contributed by atoms with Gasteiger partial charge in [-0.2, -0.15) is 0 Å². The van der Waals surface area contributed by atoms with Gasteiger partial charge in [-0.25, -0.2) is 9.69 Å². The maximum atomic E-state index is 12.4. The van der Waals surface area contributed by atoms with Crippen molar-refractivity contribution in [3.8, 4) is 5.75 Å². The molecule has 1 aromatic rings. The molecule has 0 N–H and O–H groups in total. The Hall–Kier alpha value is -2.61. The number of hydrogen-bond acceptors (Lipinski definition) is 6. The van der Waals surface area contributed by atoms with Crippen LogP contribution < -0.4 is 9.64 Å². The minimum Gasteiger partial charge on any atom is -0.482 e. The molecule has 0 bridgehead atoms. The van der Waals surface area contributed by atoms with Crippen molar-refractivity contribution in [2.45, 2.75) is 39.2 Å². The summed E-state index contributed by atoms with van der Waals surface area (Å²) in [7, 11) is 1.41. The lowest BCUT2D eigenvalue weighted by Gasteiger charge is -2.28. The van der Waals surface area contributed by atoms with Gasteiger partial charge in [0, 0.05) is 20.2 Å². The van der Waals surface area contributed by atoms with Gasteiger partial charge < -0.3 is 19.1 Å². The van der Waals surface area contributed by atoms with Gasteiger partial charge in [-0.15, -0.1) is 0 Å². The van der Waals surface area contributed by atoms with E-state index in [2.05, 4.69) is 0 Å². The van der Waals surface area contributed by atoms with E-state index in [1.165, 1.54) is 7.11 Å². The predicted molar refractivity (Wildman–Crippen MR) is 102 cm³/mol. The molecular formula is C20H26N2O6. The van der Waals surface area contributed by atoms with E-state index in [1.54, 1.807) is 4.90 Å². The molecule has 28 heavy (non-hydrogen) atoms. The highest BCUT2D eigenvalue weighted by atomic mass is 16.6. The first-order valence-corrected chi connectivity index (χ1v) is 9.31. The average Bonchev–Trinajstić information content (AvgIpc) is 2.80. The molecule has 0 saturated carbocycles. The second kappa shape index (κ2) is 7.79. The number of carbonyl (C=O) groups excluding carboxylic acids is 3. The molecule has 2 heterocycles. The maximum Gasteiger partial charge on any atom is 0.410 e. The first kappa shape index (κ1) is 20.1. The number of anilines is 1. The number of amides is 3. The monoisotopic (exact) mass is 390 g/mol. The normalized spacial score (nSPS) is 16.6. The van der Waals surface area contributed by atoms with E-state index in [0.29, 0.717) is 37.4 Å². The van der Waals surface area contributed by atoms with Gasteiger partial charge in [0.1, 0.15) is 18.0 Å². The van der Waals surface area contributed by atoms with Crippen LogP contribution in [0.1, 0.15) is 31.9 Å². The van der Waals surface area contributed by atoms with E-state index in [9.17, 15) is 14.4 Å². The molecule has 2 aliphatic heterocycles. The Kier molecular flexibility index (Phi) is 5.60. The number of rotatable bonds is 2. The summed E-state index contributed by atoms with van der Waals surface area (Å²) in [6, 6.07) is 3.68. The second-order valence-electron chi connectivity index (χ2n) is 7.90. The summed E-state index contributed by atoms with van der Waals surface area (Å²) in [5.41, 5.74) is 1.91. The van der Waals surface area contributed by atoms with Crippen molar-refractivity contribution < 1.29 is 28.6 Å².